The minimum atomic E-state index is 0.680. The van der Waals surface area contributed by atoms with Gasteiger partial charge in [0.05, 0.1) is 0 Å². The number of allylic oxidation sites excluding steroid dienone is 3. The second-order valence-corrected chi connectivity index (χ2v) is 21.8. The van der Waals surface area contributed by atoms with Crippen LogP contribution in [0.4, 0.5) is 0 Å². The summed E-state index contributed by atoms with van der Waals surface area (Å²) in [6.07, 6.45) is 4.49. The first-order valence-corrected chi connectivity index (χ1v) is 19.2. The molecule has 0 aliphatic carbocycles. The maximum absolute atomic E-state index is 2.40. The monoisotopic (exact) mass is 658 g/mol. The number of rotatable bonds is 2. The third-order valence-corrected chi connectivity index (χ3v) is 25.9. The molecule has 0 bridgehead atoms. The molecule has 0 aromatic carbocycles. The van der Waals surface area contributed by atoms with E-state index < -0.39 is 0 Å². The Hall–Kier alpha value is 2.27. The van der Waals surface area contributed by atoms with Crippen LogP contribution in [0.2, 0.25) is 11.6 Å². The van der Waals surface area contributed by atoms with Crippen LogP contribution in [0.15, 0.2) is 55.6 Å². The van der Waals surface area contributed by atoms with Gasteiger partial charge in [-0.25, -0.2) is 0 Å². The summed E-state index contributed by atoms with van der Waals surface area (Å²) in [4.78, 5) is 0. The van der Waals surface area contributed by atoms with Gasteiger partial charge >= 0.3 is 186 Å². The van der Waals surface area contributed by atoms with Crippen molar-refractivity contribution in [3.8, 4) is 0 Å². The van der Waals surface area contributed by atoms with Gasteiger partial charge in [-0.1, -0.05) is 0 Å². The summed E-state index contributed by atoms with van der Waals surface area (Å²) in [5.74, 6) is 4.81. The van der Waals surface area contributed by atoms with E-state index in [2.05, 4.69) is 58.1 Å². The van der Waals surface area contributed by atoms with Gasteiger partial charge in [0.2, 0.25) is 0 Å². The average molecular weight is 654 g/mol. The van der Waals surface area contributed by atoms with E-state index in [-0.39, 0.29) is 0 Å². The van der Waals surface area contributed by atoms with E-state index in [4.69, 9.17) is 0 Å². The molecule has 23 heavy (non-hydrogen) atoms. The first-order valence-electron chi connectivity index (χ1n) is 6.39. The summed E-state index contributed by atoms with van der Waals surface area (Å²) < 4.78 is 11.8. The Balaban J connectivity index is 1.48. The zero-order chi connectivity index (χ0) is 15.8. The quantitative estimate of drug-likeness (QED) is 0.373. The molecule has 9 heteroatoms. The van der Waals surface area contributed by atoms with E-state index in [1.165, 1.54) is 18.3 Å². The van der Waals surface area contributed by atoms with E-state index >= 15 is 0 Å². The summed E-state index contributed by atoms with van der Waals surface area (Å²) in [5, 5.41) is 4.36. The molecule has 4 rings (SSSR count). The van der Waals surface area contributed by atoms with Gasteiger partial charge < -0.3 is 0 Å². The molecule has 4 heterocycles. The van der Waals surface area contributed by atoms with Crippen LogP contribution in [0.25, 0.3) is 0 Å². The molecule has 4 aliphatic heterocycles. The predicted molar refractivity (Wildman–Crippen MR) is 119 cm³/mol. The van der Waals surface area contributed by atoms with Crippen molar-refractivity contribution in [1.29, 1.82) is 0 Å². The zero-order valence-corrected chi connectivity index (χ0v) is 22.9. The molecular weight excluding hydrogens is 644 g/mol. The first kappa shape index (κ1) is 18.6. The molecule has 0 aromatic heterocycles. The molecule has 0 spiro atoms. The van der Waals surface area contributed by atoms with Gasteiger partial charge in [-0.2, -0.15) is 0 Å². The topological polar surface area (TPSA) is 0 Å². The molecule has 0 N–H and O–H groups in total. The molecule has 0 atom stereocenters. The second kappa shape index (κ2) is 8.52. The van der Waals surface area contributed by atoms with E-state index in [9.17, 15) is 0 Å². The van der Waals surface area contributed by atoms with Gasteiger partial charge in [0.1, 0.15) is 0 Å². The van der Waals surface area contributed by atoms with E-state index in [1.54, 1.807) is 16.0 Å². The van der Waals surface area contributed by atoms with Crippen molar-refractivity contribution < 1.29 is 0 Å². The van der Waals surface area contributed by atoms with Crippen LogP contribution in [0.5, 0.6) is 0 Å². The third kappa shape index (κ3) is 4.09. The van der Waals surface area contributed by atoms with Crippen LogP contribution >= 0.6 is 58.8 Å². The van der Waals surface area contributed by atoms with Crippen LogP contribution in [0, 0.1) is 0 Å². The molecule has 0 fully saturated rings. The van der Waals surface area contributed by atoms with Gasteiger partial charge in [0, 0.05) is 0 Å². The van der Waals surface area contributed by atoms with Gasteiger partial charge in [-0.3, -0.25) is 0 Å². The first-order chi connectivity index (χ1) is 11.3. The van der Waals surface area contributed by atoms with Crippen molar-refractivity contribution >= 4 is 119 Å². The van der Waals surface area contributed by atoms with Crippen molar-refractivity contribution in [1.82, 2.24) is 0 Å². The molecule has 0 saturated heterocycles. The molecule has 0 aromatic rings. The van der Waals surface area contributed by atoms with Crippen LogP contribution in [-0.4, -0.2) is 59.8 Å². The van der Waals surface area contributed by atoms with Crippen molar-refractivity contribution in [2.45, 2.75) is 11.6 Å². The maximum atomic E-state index is 2.40. The Morgan fingerprint density at radius 3 is 1.78 bits per heavy atom. The van der Waals surface area contributed by atoms with Gasteiger partial charge in [0.25, 0.3) is 0 Å². The van der Waals surface area contributed by atoms with E-state index in [1.807, 2.05) is 33.6 Å². The summed E-state index contributed by atoms with van der Waals surface area (Å²) in [6, 6.07) is 0. The Morgan fingerprint density at radius 2 is 1.26 bits per heavy atom. The molecular formula is C14H10S5Se4. The summed E-state index contributed by atoms with van der Waals surface area (Å²) in [6.45, 7) is 0. The SMILES string of the molecule is C[Se]C1=C([Se]C)[Se]C(=C2SC3=C(SC(=C4C=CSC=C4)S3)S2)[Se]1. The fourth-order valence-corrected chi connectivity index (χ4v) is 27.0. The zero-order valence-electron chi connectivity index (χ0n) is 12.0. The van der Waals surface area contributed by atoms with Gasteiger partial charge in [-0.05, 0) is 0 Å². The van der Waals surface area contributed by atoms with Crippen molar-refractivity contribution in [3.63, 3.8) is 0 Å². The second-order valence-electron chi connectivity index (χ2n) is 4.23. The fraction of sp³-hybridized carbons (Fsp3) is 0.143. The molecule has 0 unspecified atom stereocenters. The van der Waals surface area contributed by atoms with Crippen molar-refractivity contribution in [2.24, 2.45) is 0 Å². The Labute approximate surface area is 183 Å². The average Bonchev–Trinajstić information content (AvgIpc) is 3.27. The van der Waals surface area contributed by atoms with Crippen LogP contribution in [0.1, 0.15) is 0 Å². The molecule has 0 saturated carbocycles. The third-order valence-electron chi connectivity index (χ3n) is 2.87. The molecule has 0 nitrogen and oxygen atoms in total. The summed E-state index contributed by atoms with van der Waals surface area (Å²) in [5.41, 5.74) is 1.38. The summed E-state index contributed by atoms with van der Waals surface area (Å²) >= 11 is 12.7. The Kier molecular flexibility index (Phi) is 6.90. The molecule has 0 amide bonds. The van der Waals surface area contributed by atoms with E-state index in [0.29, 0.717) is 29.9 Å². The van der Waals surface area contributed by atoms with Crippen LogP contribution < -0.4 is 0 Å². The van der Waals surface area contributed by atoms with Crippen LogP contribution in [0.3, 0.4) is 0 Å². The number of hydrogen-bond acceptors (Lipinski definition) is 5. The number of thioether (sulfide) groups is 5. The Morgan fingerprint density at radius 1 is 0.739 bits per heavy atom. The number of hydrogen-bond donors (Lipinski definition) is 0. The fourth-order valence-electron chi connectivity index (χ4n) is 1.86. The summed E-state index contributed by atoms with van der Waals surface area (Å²) in [7, 11) is 0. The van der Waals surface area contributed by atoms with Crippen LogP contribution in [-0.2, 0) is 0 Å². The standard InChI is InChI=1S/C14H10S5Se4/c1-20-13-14(21-2)23-12(22-13)11-18-9-10(19-11)17-8(16-9)7-3-5-15-6-4-7/h3-6H,1-2H3. The van der Waals surface area contributed by atoms with Gasteiger partial charge in [0.15, 0.2) is 0 Å². The normalized spacial score (nSPS) is 23.9. The van der Waals surface area contributed by atoms with Gasteiger partial charge in [-0.15, -0.1) is 0 Å². The predicted octanol–water partition coefficient (Wildman–Crippen LogP) is 5.24. The molecule has 120 valence electrons. The van der Waals surface area contributed by atoms with E-state index in [0.717, 1.165) is 29.9 Å². The minimum absolute atomic E-state index is 0.680. The van der Waals surface area contributed by atoms with Crippen molar-refractivity contribution in [3.05, 3.63) is 55.6 Å². The molecule has 4 aliphatic rings. The van der Waals surface area contributed by atoms with Crippen molar-refractivity contribution in [2.75, 3.05) is 0 Å². The Bertz CT molecular complexity index is 690. The molecule has 0 radical (unpaired) electrons.